The van der Waals surface area contributed by atoms with E-state index in [1.54, 1.807) is 0 Å². The largest absolute Gasteiger partial charge is 0.347 e. The van der Waals surface area contributed by atoms with Gasteiger partial charge in [-0.15, -0.1) is 0 Å². The van der Waals surface area contributed by atoms with Crippen molar-refractivity contribution < 1.29 is 0 Å². The normalized spacial score (nSPS) is 11.6. The lowest BCUT2D eigenvalue weighted by Crippen LogP contribution is -2.27. The Morgan fingerprint density at radius 1 is 1.29 bits per heavy atom. The van der Waals surface area contributed by atoms with E-state index < -0.39 is 0 Å². The highest BCUT2D eigenvalue weighted by molar-refractivity contribution is 5.56. The van der Waals surface area contributed by atoms with Gasteiger partial charge in [0.1, 0.15) is 0 Å². The third-order valence-corrected chi connectivity index (χ3v) is 2.90. The molecule has 94 valence electrons. The van der Waals surface area contributed by atoms with Gasteiger partial charge in [0.15, 0.2) is 0 Å². The van der Waals surface area contributed by atoms with Crippen molar-refractivity contribution in [3.05, 3.63) is 41.6 Å². The molecular formula is C15H24N2. The molecule has 0 saturated heterocycles. The quantitative estimate of drug-likeness (QED) is 0.809. The van der Waals surface area contributed by atoms with Crippen molar-refractivity contribution in [2.45, 2.75) is 27.2 Å². The minimum absolute atomic E-state index is 0.926. The fourth-order valence-electron chi connectivity index (χ4n) is 1.91. The lowest BCUT2D eigenvalue weighted by Gasteiger charge is -2.25. The second-order valence-corrected chi connectivity index (χ2v) is 4.23. The van der Waals surface area contributed by atoms with Crippen LogP contribution < -0.4 is 10.2 Å². The molecular weight excluding hydrogens is 208 g/mol. The highest BCUT2D eigenvalue weighted by Gasteiger charge is 2.08. The van der Waals surface area contributed by atoms with Crippen LogP contribution in [0, 0.1) is 6.92 Å². The van der Waals surface area contributed by atoms with Crippen molar-refractivity contribution in [3.8, 4) is 0 Å². The van der Waals surface area contributed by atoms with Crippen molar-refractivity contribution >= 4 is 5.69 Å². The zero-order valence-electron chi connectivity index (χ0n) is 11.5. The molecule has 0 saturated carbocycles. The van der Waals surface area contributed by atoms with Crippen LogP contribution in [0.15, 0.2) is 36.0 Å². The Balaban J connectivity index is 2.88. The summed E-state index contributed by atoms with van der Waals surface area (Å²) in [5, 5.41) is 3.39. The molecule has 0 amide bonds. The third kappa shape index (κ3) is 3.90. The summed E-state index contributed by atoms with van der Waals surface area (Å²) in [4.78, 5) is 2.28. The molecule has 0 aliphatic carbocycles. The van der Waals surface area contributed by atoms with E-state index in [9.17, 15) is 0 Å². The van der Waals surface area contributed by atoms with Crippen molar-refractivity contribution in [2.24, 2.45) is 0 Å². The number of hydrogen-bond donors (Lipinski definition) is 1. The lowest BCUT2D eigenvalue weighted by molar-refractivity contribution is 0.755. The molecule has 0 fully saturated rings. The van der Waals surface area contributed by atoms with Crippen LogP contribution in [0.5, 0.6) is 0 Å². The number of allylic oxidation sites excluding steroid dienone is 1. The number of nitrogens with one attached hydrogen (secondary N) is 1. The molecule has 0 aliphatic heterocycles. The third-order valence-electron chi connectivity index (χ3n) is 2.90. The van der Waals surface area contributed by atoms with E-state index in [4.69, 9.17) is 0 Å². The zero-order valence-corrected chi connectivity index (χ0v) is 11.5. The zero-order chi connectivity index (χ0) is 12.7. The van der Waals surface area contributed by atoms with E-state index in [-0.39, 0.29) is 0 Å². The number of nitrogens with zero attached hydrogens (tertiary/aromatic N) is 1. The van der Waals surface area contributed by atoms with Gasteiger partial charge in [0.05, 0.1) is 0 Å². The molecule has 0 aromatic heterocycles. The highest BCUT2D eigenvalue weighted by atomic mass is 15.1. The van der Waals surface area contributed by atoms with Crippen LogP contribution in [-0.2, 0) is 0 Å². The molecule has 1 rings (SSSR count). The van der Waals surface area contributed by atoms with Crippen LogP contribution in [0.4, 0.5) is 5.69 Å². The summed E-state index contributed by atoms with van der Waals surface area (Å²) in [5.74, 6) is 0. The van der Waals surface area contributed by atoms with Gasteiger partial charge in [-0.25, -0.2) is 0 Å². The molecule has 0 bridgehead atoms. The minimum Gasteiger partial charge on any atom is -0.347 e. The number of likely N-dealkylation sites (N-methyl/N-ethyl adjacent to an activating group) is 2. The monoisotopic (exact) mass is 232 g/mol. The summed E-state index contributed by atoms with van der Waals surface area (Å²) in [6, 6.07) is 8.50. The predicted octanol–water partition coefficient (Wildman–Crippen LogP) is 3.33. The Labute approximate surface area is 105 Å². The Morgan fingerprint density at radius 2 is 2.00 bits per heavy atom. The van der Waals surface area contributed by atoms with Gasteiger partial charge in [0, 0.05) is 25.0 Å². The Morgan fingerprint density at radius 3 is 2.59 bits per heavy atom. The van der Waals surface area contributed by atoms with E-state index in [2.05, 4.69) is 68.4 Å². The molecule has 1 N–H and O–H groups in total. The van der Waals surface area contributed by atoms with Gasteiger partial charge in [-0.3, -0.25) is 0 Å². The van der Waals surface area contributed by atoms with Crippen molar-refractivity contribution in [2.75, 3.05) is 25.0 Å². The summed E-state index contributed by atoms with van der Waals surface area (Å²) < 4.78 is 0. The second kappa shape index (κ2) is 7.13. The minimum atomic E-state index is 0.926. The molecule has 0 heterocycles. The second-order valence-electron chi connectivity index (χ2n) is 4.23. The fraction of sp³-hybridized carbons (Fsp3) is 0.467. The van der Waals surface area contributed by atoms with Crippen LogP contribution >= 0.6 is 0 Å². The Bertz CT molecular complexity index is 369. The number of hydrogen-bond acceptors (Lipinski definition) is 2. The highest BCUT2D eigenvalue weighted by Crippen LogP contribution is 2.21. The van der Waals surface area contributed by atoms with Crippen molar-refractivity contribution in [1.82, 2.24) is 5.32 Å². The van der Waals surface area contributed by atoms with Gasteiger partial charge in [-0.1, -0.05) is 38.1 Å². The first-order valence-electron chi connectivity index (χ1n) is 6.39. The van der Waals surface area contributed by atoms with Crippen molar-refractivity contribution in [3.63, 3.8) is 0 Å². The molecule has 0 unspecified atom stereocenters. The summed E-state index contributed by atoms with van der Waals surface area (Å²) in [5.41, 5.74) is 3.93. The predicted molar refractivity (Wildman–Crippen MR) is 76.5 cm³/mol. The van der Waals surface area contributed by atoms with Crippen LogP contribution in [0.1, 0.15) is 25.8 Å². The topological polar surface area (TPSA) is 15.3 Å². The smallest absolute Gasteiger partial charge is 0.0435 e. The fourth-order valence-corrected chi connectivity index (χ4v) is 1.91. The van der Waals surface area contributed by atoms with E-state index in [0.717, 1.165) is 19.5 Å². The maximum atomic E-state index is 3.39. The summed E-state index contributed by atoms with van der Waals surface area (Å²) in [6.45, 7) is 8.40. The molecule has 2 heteroatoms. The van der Waals surface area contributed by atoms with E-state index >= 15 is 0 Å². The van der Waals surface area contributed by atoms with Gasteiger partial charge in [0.25, 0.3) is 0 Å². The Kier molecular flexibility index (Phi) is 5.78. The van der Waals surface area contributed by atoms with Gasteiger partial charge in [-0.2, -0.15) is 0 Å². The van der Waals surface area contributed by atoms with Crippen molar-refractivity contribution in [1.29, 1.82) is 0 Å². The van der Waals surface area contributed by atoms with Crippen LogP contribution in [0.3, 0.4) is 0 Å². The first-order chi connectivity index (χ1) is 8.20. The molecule has 2 nitrogen and oxygen atoms in total. The van der Waals surface area contributed by atoms with Gasteiger partial charge >= 0.3 is 0 Å². The first-order valence-corrected chi connectivity index (χ1v) is 6.39. The van der Waals surface area contributed by atoms with Crippen LogP contribution in [0.25, 0.3) is 0 Å². The van der Waals surface area contributed by atoms with Crippen LogP contribution in [0.2, 0.25) is 0 Å². The number of anilines is 1. The molecule has 0 radical (unpaired) electrons. The molecule has 1 aromatic carbocycles. The maximum Gasteiger partial charge on any atom is 0.0435 e. The number of benzene rings is 1. The van der Waals surface area contributed by atoms with Gasteiger partial charge in [-0.05, 0) is 31.5 Å². The number of rotatable bonds is 6. The molecule has 0 aliphatic rings. The summed E-state index contributed by atoms with van der Waals surface area (Å²) >= 11 is 0. The number of para-hydroxylation sites is 1. The summed E-state index contributed by atoms with van der Waals surface area (Å²) in [7, 11) is 2.14. The molecule has 0 atom stereocenters. The van der Waals surface area contributed by atoms with E-state index in [0.29, 0.717) is 0 Å². The number of aryl methyl sites for hydroxylation is 1. The SMILES string of the molecule is CC/C=C(/CNCC)N(C)c1ccccc1C. The molecule has 1 aromatic rings. The van der Waals surface area contributed by atoms with Gasteiger partial charge < -0.3 is 10.2 Å². The summed E-state index contributed by atoms with van der Waals surface area (Å²) in [6.07, 6.45) is 3.35. The molecule has 17 heavy (non-hydrogen) atoms. The average Bonchev–Trinajstić information content (AvgIpc) is 2.34. The van der Waals surface area contributed by atoms with Gasteiger partial charge in [0.2, 0.25) is 0 Å². The van der Waals surface area contributed by atoms with E-state index in [1.165, 1.54) is 16.9 Å². The van der Waals surface area contributed by atoms with E-state index in [1.807, 2.05) is 0 Å². The standard InChI is InChI=1S/C15H24N2/c1-5-9-14(12-16-6-2)17(4)15-11-8-7-10-13(15)3/h7-11,16H,5-6,12H2,1-4H3/b14-9-. The lowest BCUT2D eigenvalue weighted by atomic mass is 10.1. The van der Waals surface area contributed by atoms with Crippen LogP contribution in [-0.4, -0.2) is 20.1 Å². The Hall–Kier alpha value is -1.28. The molecule has 0 spiro atoms. The maximum absolute atomic E-state index is 3.39. The first kappa shape index (κ1) is 13.8. The average molecular weight is 232 g/mol.